The summed E-state index contributed by atoms with van der Waals surface area (Å²) in [5, 5.41) is 0. The third-order valence-corrected chi connectivity index (χ3v) is 2.54. The number of benzene rings is 2. The maximum atomic E-state index is 10.7. The van der Waals surface area contributed by atoms with E-state index >= 15 is 0 Å². The molecular formula is C15H14O4. The molecule has 0 unspecified atom stereocenters. The Kier molecular flexibility index (Phi) is 4.53. The Labute approximate surface area is 111 Å². The van der Waals surface area contributed by atoms with Gasteiger partial charge in [-0.05, 0) is 23.8 Å². The molecule has 0 heterocycles. The molecule has 0 saturated carbocycles. The van der Waals surface area contributed by atoms with Crippen LogP contribution in [-0.4, -0.2) is 13.4 Å². The molecule has 0 aliphatic rings. The van der Waals surface area contributed by atoms with Gasteiger partial charge in [0.2, 0.25) is 5.75 Å². The number of hydrogen-bond acceptors (Lipinski definition) is 4. The van der Waals surface area contributed by atoms with Crippen molar-refractivity contribution in [3.63, 3.8) is 0 Å². The van der Waals surface area contributed by atoms with Crippen LogP contribution in [0.1, 0.15) is 15.9 Å². The summed E-state index contributed by atoms with van der Waals surface area (Å²) >= 11 is 0. The summed E-state index contributed by atoms with van der Waals surface area (Å²) in [6.07, 6.45) is 0.740. The molecule has 4 heteroatoms. The SMILES string of the molecule is COc1ccc(C=O)cc1OOCc1ccccc1. The van der Waals surface area contributed by atoms with Gasteiger partial charge in [-0.3, -0.25) is 4.79 Å². The maximum absolute atomic E-state index is 10.7. The van der Waals surface area contributed by atoms with E-state index in [1.165, 1.54) is 7.11 Å². The van der Waals surface area contributed by atoms with Gasteiger partial charge in [0, 0.05) is 5.56 Å². The van der Waals surface area contributed by atoms with E-state index in [1.54, 1.807) is 18.2 Å². The number of carbonyl (C=O) groups is 1. The second-order valence-electron chi connectivity index (χ2n) is 3.86. The zero-order valence-corrected chi connectivity index (χ0v) is 10.5. The summed E-state index contributed by atoms with van der Waals surface area (Å²) in [6.45, 7) is 0.315. The molecule has 2 aromatic rings. The van der Waals surface area contributed by atoms with Crippen LogP contribution in [0.4, 0.5) is 0 Å². The van der Waals surface area contributed by atoms with Gasteiger partial charge in [-0.25, -0.2) is 0 Å². The summed E-state index contributed by atoms with van der Waals surface area (Å²) in [4.78, 5) is 21.1. The molecule has 0 aromatic heterocycles. The lowest BCUT2D eigenvalue weighted by Crippen LogP contribution is -2.00. The van der Waals surface area contributed by atoms with E-state index in [0.29, 0.717) is 23.7 Å². The third kappa shape index (κ3) is 3.56. The van der Waals surface area contributed by atoms with Gasteiger partial charge in [-0.2, -0.15) is 4.89 Å². The van der Waals surface area contributed by atoms with Crippen molar-refractivity contribution in [1.82, 2.24) is 0 Å². The van der Waals surface area contributed by atoms with Crippen LogP contribution >= 0.6 is 0 Å². The van der Waals surface area contributed by atoms with Crippen LogP contribution in [-0.2, 0) is 11.5 Å². The van der Waals surface area contributed by atoms with E-state index in [1.807, 2.05) is 30.3 Å². The zero-order valence-electron chi connectivity index (χ0n) is 10.5. The minimum Gasteiger partial charge on any atom is -0.493 e. The van der Waals surface area contributed by atoms with Crippen LogP contribution in [0.2, 0.25) is 0 Å². The molecule has 0 N–H and O–H groups in total. The summed E-state index contributed by atoms with van der Waals surface area (Å²) in [7, 11) is 1.53. The van der Waals surface area contributed by atoms with Crippen LogP contribution in [0.15, 0.2) is 48.5 Å². The number of hydrogen-bond donors (Lipinski definition) is 0. The molecule has 98 valence electrons. The van der Waals surface area contributed by atoms with Crippen LogP contribution < -0.4 is 9.62 Å². The quantitative estimate of drug-likeness (QED) is 0.454. The van der Waals surface area contributed by atoms with E-state index < -0.39 is 0 Å². The molecule has 0 aliphatic carbocycles. The first-order valence-corrected chi connectivity index (χ1v) is 5.80. The van der Waals surface area contributed by atoms with Gasteiger partial charge in [0.15, 0.2) is 5.75 Å². The van der Waals surface area contributed by atoms with Crippen LogP contribution in [0.3, 0.4) is 0 Å². The van der Waals surface area contributed by atoms with E-state index in [-0.39, 0.29) is 0 Å². The first kappa shape index (κ1) is 13.1. The lowest BCUT2D eigenvalue weighted by atomic mass is 10.2. The molecule has 0 aliphatic heterocycles. The van der Waals surface area contributed by atoms with Crippen molar-refractivity contribution in [2.45, 2.75) is 6.61 Å². The minimum atomic E-state index is 0.315. The Morgan fingerprint density at radius 1 is 1.05 bits per heavy atom. The first-order chi connectivity index (χ1) is 9.33. The van der Waals surface area contributed by atoms with Gasteiger partial charge >= 0.3 is 0 Å². The highest BCUT2D eigenvalue weighted by Gasteiger charge is 2.07. The molecule has 0 radical (unpaired) electrons. The molecule has 4 nitrogen and oxygen atoms in total. The fourth-order valence-electron chi connectivity index (χ4n) is 1.57. The van der Waals surface area contributed by atoms with Gasteiger partial charge in [-0.1, -0.05) is 30.3 Å². The van der Waals surface area contributed by atoms with Gasteiger partial charge in [0.05, 0.1) is 7.11 Å². The predicted molar refractivity (Wildman–Crippen MR) is 70.2 cm³/mol. The molecule has 0 spiro atoms. The fourth-order valence-corrected chi connectivity index (χ4v) is 1.57. The number of carbonyl (C=O) groups excluding carboxylic acids is 1. The lowest BCUT2D eigenvalue weighted by molar-refractivity contribution is -0.218. The Balaban J connectivity index is 2.00. The van der Waals surface area contributed by atoms with Gasteiger partial charge < -0.3 is 9.62 Å². The molecule has 2 aromatic carbocycles. The van der Waals surface area contributed by atoms with Gasteiger partial charge in [0.1, 0.15) is 12.9 Å². The molecule has 0 atom stereocenters. The van der Waals surface area contributed by atoms with Crippen LogP contribution in [0.5, 0.6) is 11.5 Å². The fraction of sp³-hybridized carbons (Fsp3) is 0.133. The maximum Gasteiger partial charge on any atom is 0.207 e. The summed E-state index contributed by atoms with van der Waals surface area (Å²) in [6, 6.07) is 14.5. The predicted octanol–water partition coefficient (Wildman–Crippen LogP) is 3.02. The Hall–Kier alpha value is -2.33. The Bertz CT molecular complexity index is 537. The molecule has 0 saturated heterocycles. The molecule has 0 amide bonds. The van der Waals surface area contributed by atoms with Crippen molar-refractivity contribution in [3.05, 3.63) is 59.7 Å². The molecule has 2 rings (SSSR count). The highest BCUT2D eigenvalue weighted by molar-refractivity contribution is 5.76. The molecule has 19 heavy (non-hydrogen) atoms. The number of aldehydes is 1. The normalized spacial score (nSPS) is 9.95. The molecular weight excluding hydrogens is 244 g/mol. The van der Waals surface area contributed by atoms with E-state index in [0.717, 1.165) is 11.8 Å². The first-order valence-electron chi connectivity index (χ1n) is 5.80. The molecule has 0 fully saturated rings. The van der Waals surface area contributed by atoms with Gasteiger partial charge in [-0.15, -0.1) is 0 Å². The van der Waals surface area contributed by atoms with Crippen molar-refractivity contribution in [2.24, 2.45) is 0 Å². The standard InChI is InChI=1S/C15H14O4/c1-17-14-8-7-13(10-16)9-15(14)19-18-11-12-5-3-2-4-6-12/h2-10H,11H2,1H3. The third-order valence-electron chi connectivity index (χ3n) is 2.54. The summed E-state index contributed by atoms with van der Waals surface area (Å²) in [5.41, 5.74) is 1.49. The molecule has 0 bridgehead atoms. The van der Waals surface area contributed by atoms with Gasteiger partial charge in [0.25, 0.3) is 0 Å². The lowest BCUT2D eigenvalue weighted by Gasteiger charge is -2.09. The smallest absolute Gasteiger partial charge is 0.207 e. The van der Waals surface area contributed by atoms with Crippen molar-refractivity contribution in [2.75, 3.05) is 7.11 Å². The largest absolute Gasteiger partial charge is 0.493 e. The average molecular weight is 258 g/mol. The highest BCUT2D eigenvalue weighted by Crippen LogP contribution is 2.27. The van der Waals surface area contributed by atoms with Crippen LogP contribution in [0, 0.1) is 0 Å². The average Bonchev–Trinajstić information content (AvgIpc) is 2.48. The number of methoxy groups -OCH3 is 1. The minimum absolute atomic E-state index is 0.315. The van der Waals surface area contributed by atoms with Crippen molar-refractivity contribution in [3.8, 4) is 11.5 Å². The highest BCUT2D eigenvalue weighted by atomic mass is 17.2. The number of ether oxygens (including phenoxy) is 1. The summed E-state index contributed by atoms with van der Waals surface area (Å²) in [5.74, 6) is 0.890. The van der Waals surface area contributed by atoms with Crippen LogP contribution in [0.25, 0.3) is 0 Å². The zero-order chi connectivity index (χ0) is 13.5. The van der Waals surface area contributed by atoms with Crippen molar-refractivity contribution in [1.29, 1.82) is 0 Å². The second kappa shape index (κ2) is 6.56. The summed E-state index contributed by atoms with van der Waals surface area (Å²) < 4.78 is 5.13. The Morgan fingerprint density at radius 2 is 1.84 bits per heavy atom. The van der Waals surface area contributed by atoms with E-state index in [2.05, 4.69) is 0 Å². The van der Waals surface area contributed by atoms with E-state index in [4.69, 9.17) is 14.5 Å². The Morgan fingerprint density at radius 3 is 2.53 bits per heavy atom. The van der Waals surface area contributed by atoms with E-state index in [9.17, 15) is 4.79 Å². The monoisotopic (exact) mass is 258 g/mol. The van der Waals surface area contributed by atoms with Crippen molar-refractivity contribution >= 4 is 6.29 Å². The van der Waals surface area contributed by atoms with Crippen molar-refractivity contribution < 1.29 is 19.3 Å². The second-order valence-corrected chi connectivity index (χ2v) is 3.86. The topological polar surface area (TPSA) is 44.8 Å². The number of rotatable bonds is 6.